The fourth-order valence-electron chi connectivity index (χ4n) is 2.72. The molecule has 0 spiro atoms. The minimum absolute atomic E-state index is 0. The van der Waals surface area contributed by atoms with Gasteiger partial charge in [0.25, 0.3) is 0 Å². The highest BCUT2D eigenvalue weighted by Crippen LogP contribution is 2.10. The molecule has 1 heterocycles. The summed E-state index contributed by atoms with van der Waals surface area (Å²) in [7, 11) is 1.82. The number of aliphatic imine (C=N–C) groups is 1. The molecule has 0 amide bonds. The molecule has 146 valence electrons. The van der Waals surface area contributed by atoms with Crippen LogP contribution in [0.25, 0.3) is 0 Å². The van der Waals surface area contributed by atoms with Crippen LogP contribution in [-0.4, -0.2) is 40.9 Å². The van der Waals surface area contributed by atoms with Crippen LogP contribution in [0.3, 0.4) is 0 Å². The fourth-order valence-corrected chi connectivity index (χ4v) is 2.72. The van der Waals surface area contributed by atoms with Crippen LogP contribution < -0.4 is 10.6 Å². The van der Waals surface area contributed by atoms with E-state index in [0.717, 1.165) is 37.8 Å². The first-order valence-electron chi connectivity index (χ1n) is 9.52. The van der Waals surface area contributed by atoms with Gasteiger partial charge >= 0.3 is 0 Å². The molecule has 1 aromatic rings. The number of nitrogens with one attached hydrogen (secondary N) is 2. The van der Waals surface area contributed by atoms with Gasteiger partial charge in [-0.15, -0.1) is 34.2 Å². The number of hydrogen-bond acceptors (Lipinski definition) is 3. The van der Waals surface area contributed by atoms with E-state index in [4.69, 9.17) is 0 Å². The quantitative estimate of drug-likeness (QED) is 0.215. The third kappa shape index (κ3) is 10.7. The first-order chi connectivity index (χ1) is 11.7. The molecule has 7 heteroatoms. The zero-order chi connectivity index (χ0) is 17.6. The summed E-state index contributed by atoms with van der Waals surface area (Å²) in [6.45, 7) is 9.31. The van der Waals surface area contributed by atoms with E-state index in [1.165, 1.54) is 38.5 Å². The Morgan fingerprint density at radius 2 is 1.96 bits per heavy atom. The van der Waals surface area contributed by atoms with Crippen molar-refractivity contribution in [3.05, 3.63) is 12.2 Å². The fraction of sp³-hybridized carbons (Fsp3) is 0.833. The Kier molecular flexibility index (Phi) is 14.9. The van der Waals surface area contributed by atoms with E-state index in [-0.39, 0.29) is 24.0 Å². The number of aryl methyl sites for hydroxylation is 1. The standard InChI is InChI=1S/C18H36N6.HI/c1-5-7-8-9-10-11-16(3)14-21-18(19-4)20-12-13-24-15-22-23-17(24)6-2;/h15-16H,5-14H2,1-4H3,(H2,19,20,21);1H. The van der Waals surface area contributed by atoms with E-state index >= 15 is 0 Å². The Bertz CT molecular complexity index is 460. The van der Waals surface area contributed by atoms with Gasteiger partial charge in [-0.2, -0.15) is 0 Å². The van der Waals surface area contributed by atoms with Crippen molar-refractivity contribution in [1.82, 2.24) is 25.4 Å². The van der Waals surface area contributed by atoms with Crippen LogP contribution in [0.5, 0.6) is 0 Å². The van der Waals surface area contributed by atoms with Gasteiger partial charge in [0, 0.05) is 33.1 Å². The Balaban J connectivity index is 0.00000576. The van der Waals surface area contributed by atoms with Crippen LogP contribution >= 0.6 is 24.0 Å². The molecule has 0 aliphatic heterocycles. The zero-order valence-electron chi connectivity index (χ0n) is 16.4. The van der Waals surface area contributed by atoms with E-state index in [2.05, 4.69) is 51.2 Å². The second-order valence-corrected chi connectivity index (χ2v) is 6.48. The first kappa shape index (κ1) is 24.1. The molecule has 1 unspecified atom stereocenters. The van der Waals surface area contributed by atoms with E-state index < -0.39 is 0 Å². The van der Waals surface area contributed by atoms with Crippen molar-refractivity contribution in [1.29, 1.82) is 0 Å². The average molecular weight is 464 g/mol. The van der Waals surface area contributed by atoms with Gasteiger partial charge in [0.05, 0.1) is 0 Å². The zero-order valence-corrected chi connectivity index (χ0v) is 18.8. The second kappa shape index (κ2) is 15.4. The second-order valence-electron chi connectivity index (χ2n) is 6.48. The van der Waals surface area contributed by atoms with Crippen molar-refractivity contribution in [3.8, 4) is 0 Å². The van der Waals surface area contributed by atoms with E-state index in [1.807, 2.05) is 7.05 Å². The van der Waals surface area contributed by atoms with Gasteiger partial charge in [-0.1, -0.05) is 52.9 Å². The number of guanidine groups is 1. The number of halogens is 1. The molecular formula is C18H37IN6. The first-order valence-corrected chi connectivity index (χ1v) is 9.52. The minimum atomic E-state index is 0. The average Bonchev–Trinajstić information content (AvgIpc) is 3.05. The highest BCUT2D eigenvalue weighted by atomic mass is 127. The summed E-state index contributed by atoms with van der Waals surface area (Å²) in [5, 5.41) is 14.8. The van der Waals surface area contributed by atoms with E-state index in [1.54, 1.807) is 6.33 Å². The summed E-state index contributed by atoms with van der Waals surface area (Å²) in [5.41, 5.74) is 0. The summed E-state index contributed by atoms with van der Waals surface area (Å²) in [6.07, 6.45) is 10.7. The summed E-state index contributed by atoms with van der Waals surface area (Å²) in [4.78, 5) is 4.30. The molecule has 0 bridgehead atoms. The number of nitrogens with zero attached hydrogens (tertiary/aromatic N) is 4. The highest BCUT2D eigenvalue weighted by Gasteiger charge is 2.05. The molecule has 0 aliphatic carbocycles. The van der Waals surface area contributed by atoms with Gasteiger partial charge in [0.1, 0.15) is 12.2 Å². The highest BCUT2D eigenvalue weighted by molar-refractivity contribution is 14.0. The molecule has 0 aliphatic rings. The van der Waals surface area contributed by atoms with E-state index in [0.29, 0.717) is 5.92 Å². The normalized spacial score (nSPS) is 12.6. The Labute approximate surface area is 170 Å². The molecule has 1 atom stereocenters. The number of unbranched alkanes of at least 4 members (excludes halogenated alkanes) is 4. The minimum Gasteiger partial charge on any atom is -0.356 e. The molecule has 0 saturated heterocycles. The summed E-state index contributed by atoms with van der Waals surface area (Å²) >= 11 is 0. The predicted octanol–water partition coefficient (Wildman–Crippen LogP) is 3.62. The SMILES string of the molecule is CCCCCCCC(C)CNC(=NC)NCCn1cnnc1CC.I. The lowest BCUT2D eigenvalue weighted by molar-refractivity contribution is 0.476. The molecule has 2 N–H and O–H groups in total. The molecule has 0 fully saturated rings. The Hall–Kier alpha value is -0.860. The lowest BCUT2D eigenvalue weighted by atomic mass is 10.0. The molecule has 0 aromatic carbocycles. The van der Waals surface area contributed by atoms with Crippen LogP contribution in [-0.2, 0) is 13.0 Å². The van der Waals surface area contributed by atoms with Crippen molar-refractivity contribution in [3.63, 3.8) is 0 Å². The summed E-state index contributed by atoms with van der Waals surface area (Å²) in [5.74, 6) is 2.57. The van der Waals surface area contributed by atoms with Crippen LogP contribution in [0, 0.1) is 5.92 Å². The summed E-state index contributed by atoms with van der Waals surface area (Å²) in [6, 6.07) is 0. The van der Waals surface area contributed by atoms with Gasteiger partial charge in [0.15, 0.2) is 5.96 Å². The maximum Gasteiger partial charge on any atom is 0.191 e. The topological polar surface area (TPSA) is 67.1 Å². The largest absolute Gasteiger partial charge is 0.356 e. The Morgan fingerprint density at radius 1 is 1.20 bits per heavy atom. The monoisotopic (exact) mass is 464 g/mol. The number of hydrogen-bond donors (Lipinski definition) is 2. The smallest absolute Gasteiger partial charge is 0.191 e. The van der Waals surface area contributed by atoms with Crippen LogP contribution in [0.15, 0.2) is 11.3 Å². The lowest BCUT2D eigenvalue weighted by Gasteiger charge is -2.16. The van der Waals surface area contributed by atoms with Crippen LogP contribution in [0.2, 0.25) is 0 Å². The third-order valence-electron chi connectivity index (χ3n) is 4.30. The maximum atomic E-state index is 4.30. The van der Waals surface area contributed by atoms with Gasteiger partial charge in [0.2, 0.25) is 0 Å². The molecule has 6 nitrogen and oxygen atoms in total. The molecular weight excluding hydrogens is 427 g/mol. The van der Waals surface area contributed by atoms with Crippen LogP contribution in [0.4, 0.5) is 0 Å². The van der Waals surface area contributed by atoms with Crippen molar-refractivity contribution < 1.29 is 0 Å². The molecule has 1 aromatic heterocycles. The van der Waals surface area contributed by atoms with Crippen LogP contribution in [0.1, 0.15) is 65.1 Å². The summed E-state index contributed by atoms with van der Waals surface area (Å²) < 4.78 is 2.08. The van der Waals surface area contributed by atoms with Gasteiger partial charge in [-0.05, 0) is 12.3 Å². The van der Waals surface area contributed by atoms with Crippen molar-refractivity contribution in [2.24, 2.45) is 10.9 Å². The molecule has 0 radical (unpaired) electrons. The number of rotatable bonds is 12. The predicted molar refractivity (Wildman–Crippen MR) is 117 cm³/mol. The van der Waals surface area contributed by atoms with Crippen molar-refractivity contribution in [2.75, 3.05) is 20.1 Å². The maximum absolute atomic E-state index is 4.30. The van der Waals surface area contributed by atoms with Gasteiger partial charge < -0.3 is 15.2 Å². The molecule has 1 rings (SSSR count). The van der Waals surface area contributed by atoms with Crippen molar-refractivity contribution in [2.45, 2.75) is 72.3 Å². The number of aromatic nitrogens is 3. The van der Waals surface area contributed by atoms with Gasteiger partial charge in [-0.25, -0.2) is 0 Å². The van der Waals surface area contributed by atoms with Crippen molar-refractivity contribution >= 4 is 29.9 Å². The van der Waals surface area contributed by atoms with E-state index in [9.17, 15) is 0 Å². The molecule has 0 saturated carbocycles. The Morgan fingerprint density at radius 3 is 2.64 bits per heavy atom. The molecule has 25 heavy (non-hydrogen) atoms. The third-order valence-corrected chi connectivity index (χ3v) is 4.30. The lowest BCUT2D eigenvalue weighted by Crippen LogP contribution is -2.40. The van der Waals surface area contributed by atoms with Gasteiger partial charge in [-0.3, -0.25) is 4.99 Å².